The summed E-state index contributed by atoms with van der Waals surface area (Å²) < 4.78 is 29.1. The van der Waals surface area contributed by atoms with Gasteiger partial charge in [-0.3, -0.25) is 14.2 Å². The molecule has 0 saturated carbocycles. The predicted molar refractivity (Wildman–Crippen MR) is 101 cm³/mol. The molecule has 28 heavy (non-hydrogen) atoms. The quantitative estimate of drug-likeness (QED) is 0.303. The standard InChI is InChI=1S/C17H19N5O5S/c23-11-13-9-16(20-19-13)22(28(25)26)8-4-7-18-17(24)14-10-15(27-21-14)12-5-2-1-3-6-12/h1-3,5-6,9-10,23,28H,4,7-8,11H2,(H,18,24)(H,19,20). The van der Waals surface area contributed by atoms with Crippen LogP contribution in [0.25, 0.3) is 11.3 Å². The van der Waals surface area contributed by atoms with Crippen LogP contribution in [0.2, 0.25) is 0 Å². The second-order valence-electron chi connectivity index (χ2n) is 5.82. The largest absolute Gasteiger partial charge is 0.390 e. The Balaban J connectivity index is 1.51. The average molecular weight is 405 g/mol. The summed E-state index contributed by atoms with van der Waals surface area (Å²) in [4.78, 5) is 12.2. The Morgan fingerprint density at radius 1 is 1.25 bits per heavy atom. The van der Waals surface area contributed by atoms with Crippen LogP contribution in [0.15, 0.2) is 47.0 Å². The molecule has 0 unspecified atom stereocenters. The topological polar surface area (TPSA) is 141 Å². The average Bonchev–Trinajstić information content (AvgIpc) is 3.38. The summed E-state index contributed by atoms with van der Waals surface area (Å²) in [6.45, 7) is 0.0892. The fourth-order valence-corrected chi connectivity index (χ4v) is 3.08. The van der Waals surface area contributed by atoms with E-state index in [0.29, 0.717) is 17.9 Å². The molecule has 2 heterocycles. The first kappa shape index (κ1) is 19.6. The van der Waals surface area contributed by atoms with Gasteiger partial charge in [-0.25, -0.2) is 8.42 Å². The Bertz CT molecular complexity index is 990. The molecule has 0 spiro atoms. The predicted octanol–water partition coefficient (Wildman–Crippen LogP) is 0.710. The number of aromatic amines is 1. The van der Waals surface area contributed by atoms with Crippen molar-refractivity contribution >= 4 is 22.6 Å². The molecule has 10 nitrogen and oxygen atoms in total. The van der Waals surface area contributed by atoms with Crippen LogP contribution in [0.5, 0.6) is 0 Å². The lowest BCUT2D eigenvalue weighted by atomic mass is 10.1. The fraction of sp³-hybridized carbons (Fsp3) is 0.235. The summed E-state index contributed by atoms with van der Waals surface area (Å²) in [7, 11) is -2.89. The molecule has 2 aromatic heterocycles. The highest BCUT2D eigenvalue weighted by atomic mass is 32.2. The van der Waals surface area contributed by atoms with Crippen molar-refractivity contribution in [3.63, 3.8) is 0 Å². The van der Waals surface area contributed by atoms with Crippen LogP contribution in [-0.2, 0) is 17.5 Å². The molecule has 0 aliphatic carbocycles. The molecule has 1 amide bonds. The van der Waals surface area contributed by atoms with E-state index in [2.05, 4.69) is 20.7 Å². The summed E-state index contributed by atoms with van der Waals surface area (Å²) in [6.07, 6.45) is 0.367. The first-order chi connectivity index (χ1) is 13.6. The van der Waals surface area contributed by atoms with Crippen molar-refractivity contribution in [2.24, 2.45) is 0 Å². The van der Waals surface area contributed by atoms with Gasteiger partial charge in [0.1, 0.15) is 5.82 Å². The number of benzene rings is 1. The highest BCUT2D eigenvalue weighted by Crippen LogP contribution is 2.19. The van der Waals surface area contributed by atoms with E-state index in [1.54, 1.807) is 6.07 Å². The Morgan fingerprint density at radius 3 is 2.71 bits per heavy atom. The summed E-state index contributed by atoms with van der Waals surface area (Å²) in [5.74, 6) is 0.336. The lowest BCUT2D eigenvalue weighted by Crippen LogP contribution is -2.29. The van der Waals surface area contributed by atoms with Gasteiger partial charge in [0, 0.05) is 30.8 Å². The Kier molecular flexibility index (Phi) is 6.40. The van der Waals surface area contributed by atoms with E-state index in [0.717, 1.165) is 9.87 Å². The van der Waals surface area contributed by atoms with Gasteiger partial charge < -0.3 is 14.9 Å². The summed E-state index contributed by atoms with van der Waals surface area (Å²) in [5, 5.41) is 21.8. The number of rotatable bonds is 9. The first-order valence-electron chi connectivity index (χ1n) is 8.46. The Morgan fingerprint density at radius 2 is 2.04 bits per heavy atom. The Hall–Kier alpha value is -3.18. The zero-order valence-electron chi connectivity index (χ0n) is 14.7. The number of aromatic nitrogens is 3. The second-order valence-corrected chi connectivity index (χ2v) is 6.77. The molecule has 0 radical (unpaired) electrons. The smallest absolute Gasteiger partial charge is 0.273 e. The van der Waals surface area contributed by atoms with Crippen molar-refractivity contribution in [1.29, 1.82) is 0 Å². The van der Waals surface area contributed by atoms with Gasteiger partial charge in [0.05, 0.1) is 12.3 Å². The minimum atomic E-state index is -2.89. The summed E-state index contributed by atoms with van der Waals surface area (Å²) >= 11 is 0. The van der Waals surface area contributed by atoms with Crippen LogP contribution in [-0.4, -0.2) is 47.9 Å². The minimum absolute atomic E-state index is 0.139. The molecule has 0 saturated heterocycles. The summed E-state index contributed by atoms with van der Waals surface area (Å²) in [5.41, 5.74) is 1.29. The number of aliphatic hydroxyl groups is 1. The fourth-order valence-electron chi connectivity index (χ4n) is 2.50. The molecule has 1 aromatic carbocycles. The van der Waals surface area contributed by atoms with Crippen molar-refractivity contribution < 1.29 is 22.8 Å². The third kappa shape index (κ3) is 4.75. The normalized spacial score (nSPS) is 10.9. The highest BCUT2D eigenvalue weighted by molar-refractivity contribution is 7.74. The maximum absolute atomic E-state index is 12.2. The number of H-pyrrole nitrogens is 1. The zero-order valence-corrected chi connectivity index (χ0v) is 15.6. The van der Waals surface area contributed by atoms with Crippen molar-refractivity contribution in [3.05, 3.63) is 53.9 Å². The van der Waals surface area contributed by atoms with Crippen LogP contribution < -0.4 is 9.62 Å². The number of anilines is 1. The van der Waals surface area contributed by atoms with Crippen LogP contribution in [0.3, 0.4) is 0 Å². The van der Waals surface area contributed by atoms with Crippen molar-refractivity contribution in [1.82, 2.24) is 20.7 Å². The lowest BCUT2D eigenvalue weighted by molar-refractivity contribution is 0.0944. The molecule has 0 bridgehead atoms. The number of carbonyl (C=O) groups is 1. The Labute approximate surface area is 162 Å². The highest BCUT2D eigenvalue weighted by Gasteiger charge is 2.15. The van der Waals surface area contributed by atoms with Gasteiger partial charge in [-0.1, -0.05) is 35.5 Å². The van der Waals surface area contributed by atoms with Crippen LogP contribution in [0.4, 0.5) is 5.82 Å². The molecule has 148 valence electrons. The molecule has 3 aromatic rings. The molecule has 3 rings (SSSR count). The monoisotopic (exact) mass is 405 g/mol. The van der Waals surface area contributed by atoms with Gasteiger partial charge in [-0.15, -0.1) is 0 Å². The van der Waals surface area contributed by atoms with E-state index in [4.69, 9.17) is 9.63 Å². The zero-order chi connectivity index (χ0) is 19.9. The second kappa shape index (κ2) is 9.15. The number of amides is 1. The van der Waals surface area contributed by atoms with Gasteiger partial charge in [-0.2, -0.15) is 5.10 Å². The van der Waals surface area contributed by atoms with E-state index in [1.807, 2.05) is 30.3 Å². The number of nitrogens with zero attached hydrogens (tertiary/aromatic N) is 3. The van der Waals surface area contributed by atoms with E-state index in [9.17, 15) is 13.2 Å². The van der Waals surface area contributed by atoms with Crippen molar-refractivity contribution in [3.8, 4) is 11.3 Å². The molecule has 3 N–H and O–H groups in total. The summed E-state index contributed by atoms with van der Waals surface area (Å²) in [6, 6.07) is 12.3. The van der Waals surface area contributed by atoms with Gasteiger partial charge >= 0.3 is 0 Å². The molecule has 0 aliphatic heterocycles. The van der Waals surface area contributed by atoms with E-state index in [-0.39, 0.29) is 31.2 Å². The van der Waals surface area contributed by atoms with Gasteiger partial charge in [0.15, 0.2) is 11.5 Å². The molecule has 0 aliphatic rings. The van der Waals surface area contributed by atoms with E-state index in [1.165, 1.54) is 6.07 Å². The first-order valence-corrected chi connectivity index (χ1v) is 9.59. The SMILES string of the molecule is O=C(NCCCN(c1cc(CO)n[nH]1)[SH](=O)=O)c1cc(-c2ccccc2)on1. The van der Waals surface area contributed by atoms with Crippen LogP contribution in [0, 0.1) is 0 Å². The van der Waals surface area contributed by atoms with Crippen LogP contribution >= 0.6 is 0 Å². The van der Waals surface area contributed by atoms with Gasteiger partial charge in [0.2, 0.25) is 10.9 Å². The number of hydrogen-bond acceptors (Lipinski definition) is 7. The molecule has 11 heteroatoms. The molecule has 0 atom stereocenters. The minimum Gasteiger partial charge on any atom is -0.390 e. The number of hydrogen-bond donors (Lipinski definition) is 4. The molecular formula is C17H19N5O5S. The third-order valence-corrected chi connectivity index (χ3v) is 4.70. The maximum Gasteiger partial charge on any atom is 0.273 e. The van der Waals surface area contributed by atoms with Crippen LogP contribution in [0.1, 0.15) is 22.6 Å². The van der Waals surface area contributed by atoms with Crippen molar-refractivity contribution in [2.75, 3.05) is 17.4 Å². The molecule has 0 fully saturated rings. The number of carbonyl (C=O) groups excluding carboxylic acids is 1. The number of thiol groups is 1. The maximum atomic E-state index is 12.2. The van der Waals surface area contributed by atoms with E-state index >= 15 is 0 Å². The number of nitrogens with one attached hydrogen (secondary N) is 2. The van der Waals surface area contributed by atoms with E-state index < -0.39 is 16.8 Å². The van der Waals surface area contributed by atoms with Crippen molar-refractivity contribution in [2.45, 2.75) is 13.0 Å². The lowest BCUT2D eigenvalue weighted by Gasteiger charge is -2.14. The van der Waals surface area contributed by atoms with Gasteiger partial charge in [-0.05, 0) is 6.42 Å². The molecular weight excluding hydrogens is 386 g/mol. The third-order valence-electron chi connectivity index (χ3n) is 3.89. The number of aliphatic hydroxyl groups excluding tert-OH is 1. The van der Waals surface area contributed by atoms with Gasteiger partial charge in [0.25, 0.3) is 5.91 Å².